The molecule has 42 heavy (non-hydrogen) atoms. The van der Waals surface area contributed by atoms with E-state index in [9.17, 15) is 34.8 Å². The van der Waals surface area contributed by atoms with Crippen molar-refractivity contribution in [2.24, 2.45) is 0 Å². The zero-order valence-corrected chi connectivity index (χ0v) is 23.9. The molecule has 1 heterocycles. The second kappa shape index (κ2) is 14.4. The summed E-state index contributed by atoms with van der Waals surface area (Å²) in [6.07, 6.45) is -9.02. The minimum Gasteiger partial charge on any atom is -0.479 e. The van der Waals surface area contributed by atoms with Gasteiger partial charge in [0.05, 0.1) is 11.3 Å². The first-order chi connectivity index (χ1) is 19.8. The Morgan fingerprint density at radius 1 is 1.00 bits per heavy atom. The standard InChI is InChI=1S/C29H38N2O11/c1-5-31(16-40-29(3,4)14-18-9-7-6-8-10-18)28(38)39-15-19-11-12-21(20(13-19)30-17(2)32)41-27-24(35)22(33)23(34)25(42-27)26(36)37/h6-13,22-25,27,33-35H,5,14-16H2,1-4H3,(H,30,32)(H,36,37)/t22-,23-,24+,25-,27+/m0/s1. The largest absolute Gasteiger partial charge is 0.479 e. The molecule has 0 spiro atoms. The molecule has 5 N–H and O–H groups in total. The smallest absolute Gasteiger partial charge is 0.411 e. The normalized spacial score (nSPS) is 22.2. The van der Waals surface area contributed by atoms with E-state index in [0.29, 0.717) is 18.5 Å². The summed E-state index contributed by atoms with van der Waals surface area (Å²) >= 11 is 0. The predicted molar refractivity (Wildman–Crippen MR) is 148 cm³/mol. The third-order valence-electron chi connectivity index (χ3n) is 6.50. The zero-order chi connectivity index (χ0) is 31.0. The number of anilines is 1. The summed E-state index contributed by atoms with van der Waals surface area (Å²) in [5, 5.41) is 42.0. The molecule has 1 aliphatic heterocycles. The van der Waals surface area contributed by atoms with Crippen molar-refractivity contribution >= 4 is 23.7 Å². The van der Waals surface area contributed by atoms with Gasteiger partial charge >= 0.3 is 12.1 Å². The highest BCUT2D eigenvalue weighted by molar-refractivity contribution is 5.90. The minimum absolute atomic E-state index is 0.0146. The molecule has 0 radical (unpaired) electrons. The lowest BCUT2D eigenvalue weighted by atomic mass is 9.98. The van der Waals surface area contributed by atoms with Gasteiger partial charge in [0.25, 0.3) is 0 Å². The Bertz CT molecular complexity index is 1220. The van der Waals surface area contributed by atoms with Crippen molar-refractivity contribution in [1.29, 1.82) is 0 Å². The van der Waals surface area contributed by atoms with E-state index in [-0.39, 0.29) is 24.8 Å². The van der Waals surface area contributed by atoms with Crippen molar-refractivity contribution in [1.82, 2.24) is 4.90 Å². The quantitative estimate of drug-likeness (QED) is 0.227. The summed E-state index contributed by atoms with van der Waals surface area (Å²) < 4.78 is 22.2. The number of aliphatic hydroxyl groups excluding tert-OH is 3. The summed E-state index contributed by atoms with van der Waals surface area (Å²) in [6, 6.07) is 14.2. The average molecular weight is 591 g/mol. The molecule has 3 rings (SSSR count). The molecule has 2 aromatic carbocycles. The number of benzene rings is 2. The number of aliphatic hydroxyl groups is 3. The van der Waals surface area contributed by atoms with Gasteiger partial charge < -0.3 is 44.7 Å². The average Bonchev–Trinajstić information content (AvgIpc) is 2.93. The van der Waals surface area contributed by atoms with Crippen molar-refractivity contribution < 1.29 is 53.8 Å². The van der Waals surface area contributed by atoms with Crippen LogP contribution in [0, 0.1) is 0 Å². The number of carbonyl (C=O) groups excluding carboxylic acids is 2. The number of ether oxygens (including phenoxy) is 4. The summed E-state index contributed by atoms with van der Waals surface area (Å²) in [5.74, 6) is -2.06. The fourth-order valence-electron chi connectivity index (χ4n) is 4.23. The maximum Gasteiger partial charge on any atom is 0.411 e. The zero-order valence-electron chi connectivity index (χ0n) is 23.9. The maximum atomic E-state index is 12.8. The first kappa shape index (κ1) is 32.8. The molecule has 0 unspecified atom stereocenters. The fraction of sp³-hybridized carbons (Fsp3) is 0.483. The van der Waals surface area contributed by atoms with Gasteiger partial charge in [-0.1, -0.05) is 36.4 Å². The van der Waals surface area contributed by atoms with E-state index in [1.165, 1.54) is 30.0 Å². The van der Waals surface area contributed by atoms with Gasteiger partial charge in [-0.2, -0.15) is 0 Å². The summed E-state index contributed by atoms with van der Waals surface area (Å²) in [4.78, 5) is 37.4. The molecule has 0 bridgehead atoms. The van der Waals surface area contributed by atoms with Gasteiger partial charge in [-0.25, -0.2) is 9.59 Å². The van der Waals surface area contributed by atoms with Crippen LogP contribution >= 0.6 is 0 Å². The lowest BCUT2D eigenvalue weighted by Gasteiger charge is -2.38. The fourth-order valence-corrected chi connectivity index (χ4v) is 4.23. The number of hydrogen-bond donors (Lipinski definition) is 5. The highest BCUT2D eigenvalue weighted by Gasteiger charge is 2.48. The van der Waals surface area contributed by atoms with Crippen molar-refractivity contribution in [3.63, 3.8) is 0 Å². The molecule has 0 saturated carbocycles. The predicted octanol–water partition coefficient (Wildman–Crippen LogP) is 1.87. The van der Waals surface area contributed by atoms with Gasteiger partial charge in [-0.3, -0.25) is 9.69 Å². The maximum absolute atomic E-state index is 12.8. The summed E-state index contributed by atoms with van der Waals surface area (Å²) in [5.41, 5.74) is 1.16. The van der Waals surface area contributed by atoms with E-state index in [2.05, 4.69) is 5.32 Å². The molecule has 1 fully saturated rings. The first-order valence-corrected chi connectivity index (χ1v) is 13.4. The number of nitrogens with one attached hydrogen (secondary N) is 1. The van der Waals surface area contributed by atoms with E-state index >= 15 is 0 Å². The van der Waals surface area contributed by atoms with Gasteiger partial charge in [0.1, 0.15) is 37.4 Å². The molecule has 13 heteroatoms. The molecule has 0 aromatic heterocycles. The SMILES string of the molecule is CCN(COC(C)(C)Cc1ccccc1)C(=O)OCc1ccc(O[C@@H]2O[C@H](C(=O)O)[C@@H](O)[C@H](O)[C@H]2O)c(NC(C)=O)c1. The Morgan fingerprint density at radius 2 is 1.69 bits per heavy atom. The molecule has 230 valence electrons. The molecule has 2 amide bonds. The Labute approximate surface area is 243 Å². The van der Waals surface area contributed by atoms with Gasteiger partial charge in [0.15, 0.2) is 6.10 Å². The number of carboxylic acid groups (broad SMARTS) is 1. The van der Waals surface area contributed by atoms with Gasteiger partial charge in [0.2, 0.25) is 12.2 Å². The van der Waals surface area contributed by atoms with Crippen LogP contribution in [0.15, 0.2) is 48.5 Å². The third kappa shape index (κ3) is 8.87. The monoisotopic (exact) mass is 590 g/mol. The Morgan fingerprint density at radius 3 is 2.31 bits per heavy atom. The van der Waals surface area contributed by atoms with Gasteiger partial charge in [-0.15, -0.1) is 0 Å². The van der Waals surface area contributed by atoms with Crippen molar-refractivity contribution in [2.45, 2.75) is 77.0 Å². The van der Waals surface area contributed by atoms with Crippen LogP contribution in [0.1, 0.15) is 38.8 Å². The number of rotatable bonds is 12. The van der Waals surface area contributed by atoms with Gasteiger partial charge in [-0.05, 0) is 44.0 Å². The third-order valence-corrected chi connectivity index (χ3v) is 6.50. The lowest BCUT2D eigenvalue weighted by molar-refractivity contribution is -0.271. The van der Waals surface area contributed by atoms with E-state index in [1.807, 2.05) is 44.2 Å². The van der Waals surface area contributed by atoms with Crippen molar-refractivity contribution in [3.8, 4) is 5.75 Å². The number of carboxylic acids is 1. The van der Waals surface area contributed by atoms with Crippen LogP contribution in [-0.4, -0.2) is 92.9 Å². The number of hydrogen-bond acceptors (Lipinski definition) is 10. The second-order valence-corrected chi connectivity index (χ2v) is 10.5. The van der Waals surface area contributed by atoms with E-state index in [4.69, 9.17) is 18.9 Å². The van der Waals surface area contributed by atoms with Crippen LogP contribution in [-0.2, 0) is 36.8 Å². The number of carbonyl (C=O) groups is 3. The molecule has 13 nitrogen and oxygen atoms in total. The molecule has 0 aliphatic carbocycles. The molecular formula is C29H38N2O11. The number of amides is 2. The number of nitrogens with zero attached hydrogens (tertiary/aromatic N) is 1. The van der Waals surface area contributed by atoms with Crippen LogP contribution in [0.25, 0.3) is 0 Å². The summed E-state index contributed by atoms with van der Waals surface area (Å²) in [7, 11) is 0. The van der Waals surface area contributed by atoms with Crippen molar-refractivity contribution in [3.05, 3.63) is 59.7 Å². The van der Waals surface area contributed by atoms with Gasteiger partial charge in [0, 0.05) is 19.9 Å². The van der Waals surface area contributed by atoms with Crippen molar-refractivity contribution in [2.75, 3.05) is 18.6 Å². The Kier molecular flexibility index (Phi) is 11.3. The molecular weight excluding hydrogens is 552 g/mol. The molecule has 1 saturated heterocycles. The Balaban J connectivity index is 1.64. The molecule has 2 aromatic rings. The highest BCUT2D eigenvalue weighted by atomic mass is 16.7. The van der Waals surface area contributed by atoms with E-state index in [1.54, 1.807) is 6.92 Å². The molecule has 5 atom stereocenters. The number of aliphatic carboxylic acids is 1. The first-order valence-electron chi connectivity index (χ1n) is 13.4. The van der Waals surface area contributed by atoms with Crippen LogP contribution in [0.5, 0.6) is 5.75 Å². The minimum atomic E-state index is -1.88. The second-order valence-electron chi connectivity index (χ2n) is 10.5. The topological polar surface area (TPSA) is 184 Å². The van der Waals surface area contributed by atoms with Crippen LogP contribution in [0.4, 0.5) is 10.5 Å². The van der Waals surface area contributed by atoms with Crippen LogP contribution < -0.4 is 10.1 Å². The van der Waals surface area contributed by atoms with Crippen LogP contribution in [0.2, 0.25) is 0 Å². The molecule has 1 aliphatic rings. The lowest BCUT2D eigenvalue weighted by Crippen LogP contribution is -2.61. The van der Waals surface area contributed by atoms with E-state index in [0.717, 1.165) is 5.56 Å². The summed E-state index contributed by atoms with van der Waals surface area (Å²) in [6.45, 7) is 7.11. The highest BCUT2D eigenvalue weighted by Crippen LogP contribution is 2.31. The Hall–Kier alpha value is -3.75. The van der Waals surface area contributed by atoms with Crippen LogP contribution in [0.3, 0.4) is 0 Å². The van der Waals surface area contributed by atoms with E-state index < -0.39 is 54.3 Å².